The zero-order valence-electron chi connectivity index (χ0n) is 11.2. The Bertz CT molecular complexity index is 621. The summed E-state index contributed by atoms with van der Waals surface area (Å²) < 4.78 is 0. The van der Waals surface area contributed by atoms with E-state index in [1.165, 1.54) is 0 Å². The molecule has 2 atom stereocenters. The van der Waals surface area contributed by atoms with Crippen LogP contribution in [0.25, 0.3) is 10.9 Å². The highest BCUT2D eigenvalue weighted by Gasteiger charge is 2.23. The Balaban J connectivity index is 1.72. The van der Waals surface area contributed by atoms with Gasteiger partial charge in [-0.2, -0.15) is 0 Å². The highest BCUT2D eigenvalue weighted by Crippen LogP contribution is 2.24. The minimum Gasteiger partial charge on any atom is -0.393 e. The maximum atomic E-state index is 12.3. The van der Waals surface area contributed by atoms with E-state index < -0.39 is 0 Å². The fraction of sp³-hybridized carbons (Fsp3) is 0.375. The van der Waals surface area contributed by atoms with Gasteiger partial charge >= 0.3 is 0 Å². The molecule has 1 heterocycles. The van der Waals surface area contributed by atoms with Gasteiger partial charge in [-0.15, -0.1) is 0 Å². The monoisotopic (exact) mass is 270 g/mol. The Morgan fingerprint density at radius 2 is 2.20 bits per heavy atom. The van der Waals surface area contributed by atoms with Crippen molar-refractivity contribution < 1.29 is 9.90 Å². The van der Waals surface area contributed by atoms with Crippen molar-refractivity contribution in [2.75, 3.05) is 6.54 Å². The lowest BCUT2D eigenvalue weighted by Gasteiger charge is -2.12. The van der Waals surface area contributed by atoms with Crippen LogP contribution < -0.4 is 5.32 Å². The van der Waals surface area contributed by atoms with Gasteiger partial charge in [0.05, 0.1) is 11.6 Å². The Hall–Kier alpha value is -1.94. The number of nitrogens with one attached hydrogen (secondary N) is 1. The van der Waals surface area contributed by atoms with E-state index in [9.17, 15) is 9.90 Å². The summed E-state index contributed by atoms with van der Waals surface area (Å²) in [5, 5.41) is 13.4. The number of hydrogen-bond acceptors (Lipinski definition) is 3. The molecule has 4 heteroatoms. The lowest BCUT2D eigenvalue weighted by Crippen LogP contribution is -2.28. The average Bonchev–Trinajstić information content (AvgIpc) is 2.90. The molecule has 1 fully saturated rings. The van der Waals surface area contributed by atoms with Crippen LogP contribution in [0.5, 0.6) is 0 Å². The molecular weight excluding hydrogens is 252 g/mol. The molecule has 1 aromatic carbocycles. The molecule has 0 bridgehead atoms. The van der Waals surface area contributed by atoms with Crippen molar-refractivity contribution in [3.8, 4) is 0 Å². The maximum Gasteiger partial charge on any atom is 0.251 e. The summed E-state index contributed by atoms with van der Waals surface area (Å²) in [7, 11) is 0. The predicted molar refractivity (Wildman–Crippen MR) is 77.4 cm³/mol. The molecule has 2 N–H and O–H groups in total. The summed E-state index contributed by atoms with van der Waals surface area (Å²) in [5.41, 5.74) is 1.49. The number of aliphatic hydroxyl groups excluding tert-OH is 1. The number of carbonyl (C=O) groups is 1. The first-order valence-corrected chi connectivity index (χ1v) is 7.04. The second-order valence-corrected chi connectivity index (χ2v) is 5.42. The zero-order valence-corrected chi connectivity index (χ0v) is 11.2. The van der Waals surface area contributed by atoms with Gasteiger partial charge in [0.2, 0.25) is 0 Å². The van der Waals surface area contributed by atoms with Crippen molar-refractivity contribution >= 4 is 16.8 Å². The first-order chi connectivity index (χ1) is 9.74. The van der Waals surface area contributed by atoms with E-state index in [1.807, 2.05) is 30.3 Å². The molecule has 1 amide bonds. The summed E-state index contributed by atoms with van der Waals surface area (Å²) in [4.78, 5) is 16.6. The Kier molecular flexibility index (Phi) is 3.65. The predicted octanol–water partition coefficient (Wildman–Crippen LogP) is 2.13. The number of fused-ring (bicyclic) bond motifs is 1. The third-order valence-corrected chi connectivity index (χ3v) is 3.96. The summed E-state index contributed by atoms with van der Waals surface area (Å²) >= 11 is 0. The van der Waals surface area contributed by atoms with Gasteiger partial charge in [0.1, 0.15) is 0 Å². The molecule has 0 aliphatic heterocycles. The van der Waals surface area contributed by atoms with Gasteiger partial charge in [-0.3, -0.25) is 9.78 Å². The number of nitrogens with zero attached hydrogens (tertiary/aromatic N) is 1. The van der Waals surface area contributed by atoms with Crippen LogP contribution in [0.2, 0.25) is 0 Å². The van der Waals surface area contributed by atoms with Gasteiger partial charge < -0.3 is 10.4 Å². The van der Waals surface area contributed by atoms with E-state index >= 15 is 0 Å². The van der Waals surface area contributed by atoms with Crippen molar-refractivity contribution in [2.45, 2.75) is 25.4 Å². The van der Waals surface area contributed by atoms with Crippen LogP contribution >= 0.6 is 0 Å². The molecule has 3 rings (SSSR count). The fourth-order valence-corrected chi connectivity index (χ4v) is 2.87. The van der Waals surface area contributed by atoms with Gasteiger partial charge in [-0.25, -0.2) is 0 Å². The van der Waals surface area contributed by atoms with E-state index in [1.54, 1.807) is 6.20 Å². The molecule has 4 nitrogen and oxygen atoms in total. The van der Waals surface area contributed by atoms with Crippen molar-refractivity contribution in [1.82, 2.24) is 10.3 Å². The largest absolute Gasteiger partial charge is 0.393 e. The van der Waals surface area contributed by atoms with Crippen LogP contribution in [0.3, 0.4) is 0 Å². The van der Waals surface area contributed by atoms with Gasteiger partial charge in [0.25, 0.3) is 5.91 Å². The van der Waals surface area contributed by atoms with Crippen molar-refractivity contribution in [3.05, 3.63) is 42.1 Å². The standard InChI is InChI=1S/C16H18N2O2/c19-12-7-6-11(9-12)10-18-16(20)14-3-1-5-15-13(14)4-2-8-17-15/h1-5,8,11-12,19H,6-7,9-10H2,(H,18,20). The number of aliphatic hydroxyl groups is 1. The third kappa shape index (κ3) is 2.65. The number of aromatic nitrogens is 1. The minimum absolute atomic E-state index is 0.0648. The number of rotatable bonds is 3. The van der Waals surface area contributed by atoms with Crippen LogP contribution in [0.1, 0.15) is 29.6 Å². The summed E-state index contributed by atoms with van der Waals surface area (Å²) in [6.07, 6.45) is 4.15. The molecule has 1 saturated carbocycles. The quantitative estimate of drug-likeness (QED) is 0.898. The maximum absolute atomic E-state index is 12.3. The molecule has 2 aromatic rings. The van der Waals surface area contributed by atoms with Crippen molar-refractivity contribution in [1.29, 1.82) is 0 Å². The molecule has 0 saturated heterocycles. The van der Waals surface area contributed by atoms with E-state index in [-0.39, 0.29) is 12.0 Å². The van der Waals surface area contributed by atoms with Crippen molar-refractivity contribution in [3.63, 3.8) is 0 Å². The smallest absolute Gasteiger partial charge is 0.251 e. The molecule has 1 aliphatic carbocycles. The average molecular weight is 270 g/mol. The number of amides is 1. The zero-order chi connectivity index (χ0) is 13.9. The van der Waals surface area contributed by atoms with Gasteiger partial charge in [-0.05, 0) is 43.4 Å². The van der Waals surface area contributed by atoms with Crippen LogP contribution in [0, 0.1) is 5.92 Å². The second-order valence-electron chi connectivity index (χ2n) is 5.42. The molecule has 0 spiro atoms. The molecule has 2 unspecified atom stereocenters. The van der Waals surface area contributed by atoms with Crippen LogP contribution in [-0.2, 0) is 0 Å². The Labute approximate surface area is 117 Å². The molecule has 1 aliphatic rings. The van der Waals surface area contributed by atoms with Gasteiger partial charge in [0.15, 0.2) is 0 Å². The normalized spacial score (nSPS) is 22.1. The highest BCUT2D eigenvalue weighted by molar-refractivity contribution is 6.06. The van der Waals surface area contributed by atoms with Crippen LogP contribution in [0.4, 0.5) is 0 Å². The van der Waals surface area contributed by atoms with E-state index in [0.29, 0.717) is 18.0 Å². The van der Waals surface area contributed by atoms with Crippen LogP contribution in [-0.4, -0.2) is 28.6 Å². The Morgan fingerprint density at radius 1 is 1.30 bits per heavy atom. The molecule has 104 valence electrons. The molecule has 0 radical (unpaired) electrons. The van der Waals surface area contributed by atoms with E-state index in [4.69, 9.17) is 0 Å². The molecular formula is C16H18N2O2. The second kappa shape index (κ2) is 5.59. The lowest BCUT2D eigenvalue weighted by molar-refractivity contribution is 0.0946. The van der Waals surface area contributed by atoms with Gasteiger partial charge in [0, 0.05) is 23.7 Å². The molecule has 20 heavy (non-hydrogen) atoms. The highest BCUT2D eigenvalue weighted by atomic mass is 16.3. The number of benzene rings is 1. The summed E-state index contributed by atoms with van der Waals surface area (Å²) in [5.74, 6) is 0.326. The van der Waals surface area contributed by atoms with Crippen LogP contribution in [0.15, 0.2) is 36.5 Å². The lowest BCUT2D eigenvalue weighted by atomic mass is 10.1. The number of carbonyl (C=O) groups excluding carboxylic acids is 1. The fourth-order valence-electron chi connectivity index (χ4n) is 2.87. The first-order valence-electron chi connectivity index (χ1n) is 7.04. The van der Waals surface area contributed by atoms with Crippen molar-refractivity contribution in [2.24, 2.45) is 5.92 Å². The summed E-state index contributed by atoms with van der Waals surface area (Å²) in [6, 6.07) is 9.33. The van der Waals surface area contributed by atoms with Gasteiger partial charge in [-0.1, -0.05) is 12.1 Å². The number of pyridine rings is 1. The van der Waals surface area contributed by atoms with E-state index in [0.717, 1.165) is 30.2 Å². The van der Waals surface area contributed by atoms with E-state index in [2.05, 4.69) is 10.3 Å². The first kappa shape index (κ1) is 13.1. The molecule has 1 aromatic heterocycles. The SMILES string of the molecule is O=C(NCC1CCC(O)C1)c1cccc2ncccc12. The minimum atomic E-state index is -0.196. The topological polar surface area (TPSA) is 62.2 Å². The summed E-state index contributed by atoms with van der Waals surface area (Å²) in [6.45, 7) is 0.631. The number of hydrogen-bond donors (Lipinski definition) is 2. The Morgan fingerprint density at radius 3 is 3.00 bits per heavy atom. The third-order valence-electron chi connectivity index (χ3n) is 3.96.